The summed E-state index contributed by atoms with van der Waals surface area (Å²) in [7, 11) is -4.43. The molecule has 1 aromatic heterocycles. The number of ether oxygens (including phenoxy) is 3. The summed E-state index contributed by atoms with van der Waals surface area (Å²) in [6.07, 6.45) is 0. The van der Waals surface area contributed by atoms with Crippen LogP contribution in [0.15, 0.2) is 60.7 Å². The summed E-state index contributed by atoms with van der Waals surface area (Å²) >= 11 is 0. The van der Waals surface area contributed by atoms with Gasteiger partial charge < -0.3 is 51.0 Å². The van der Waals surface area contributed by atoms with Crippen LogP contribution in [0.2, 0.25) is 118 Å². The van der Waals surface area contributed by atoms with Gasteiger partial charge in [0.05, 0.1) is 18.2 Å². The lowest BCUT2D eigenvalue weighted by Gasteiger charge is -2.52. The van der Waals surface area contributed by atoms with Crippen LogP contribution in [-0.4, -0.2) is 125 Å². The van der Waals surface area contributed by atoms with E-state index in [2.05, 4.69) is 138 Å². The molecule has 0 saturated carbocycles. The molecule has 0 bridgehead atoms. The van der Waals surface area contributed by atoms with Crippen LogP contribution < -0.4 is 14.2 Å². The Hall–Kier alpha value is -2.83. The molecular formula is C46H75N3O11Si8. The van der Waals surface area contributed by atoms with Crippen molar-refractivity contribution >= 4 is 70.4 Å². The Bertz CT molecular complexity index is 2210. The summed E-state index contributed by atoms with van der Waals surface area (Å²) in [5, 5.41) is 23.7. The van der Waals surface area contributed by atoms with Crippen molar-refractivity contribution in [3.8, 4) is 62.9 Å². The highest BCUT2D eigenvalue weighted by Crippen LogP contribution is 2.43. The number of rotatable bonds is 22. The van der Waals surface area contributed by atoms with Crippen LogP contribution in [0.3, 0.4) is 0 Å². The molecule has 4 rings (SSSR count). The molecule has 2 atom stereocenters. The lowest BCUT2D eigenvalue weighted by Crippen LogP contribution is -2.68. The molecule has 22 heteroatoms. The first kappa shape index (κ1) is 57.7. The van der Waals surface area contributed by atoms with Crippen molar-refractivity contribution in [2.45, 2.75) is 154 Å². The zero-order chi connectivity index (χ0) is 51.9. The van der Waals surface area contributed by atoms with Gasteiger partial charge in [-0.1, -0.05) is 0 Å². The second-order valence-electron chi connectivity index (χ2n) is 23.0. The highest BCUT2D eigenvalue weighted by atomic mass is 28.4. The first-order valence-electron chi connectivity index (χ1n) is 22.7. The number of hydrogen-bond donors (Lipinski definition) is 2. The van der Waals surface area contributed by atoms with Gasteiger partial charge in [-0.2, -0.15) is 0 Å². The predicted octanol–water partition coefficient (Wildman–Crippen LogP) is 11.2. The van der Waals surface area contributed by atoms with Crippen molar-refractivity contribution in [1.82, 2.24) is 15.0 Å². The minimum absolute atomic E-state index is 0.131. The van der Waals surface area contributed by atoms with E-state index in [-0.39, 0.29) is 51.6 Å². The van der Waals surface area contributed by atoms with Crippen molar-refractivity contribution in [2.24, 2.45) is 0 Å². The Morgan fingerprint density at radius 1 is 0.412 bits per heavy atom. The van der Waals surface area contributed by atoms with Gasteiger partial charge >= 0.3 is 0 Å². The smallest absolute Gasteiger partial charge is 0.225 e. The van der Waals surface area contributed by atoms with Crippen molar-refractivity contribution < 1.29 is 51.0 Å². The van der Waals surface area contributed by atoms with Gasteiger partial charge in [0.25, 0.3) is 0 Å². The molecule has 2 unspecified atom stereocenters. The van der Waals surface area contributed by atoms with E-state index in [1.54, 1.807) is 43.5 Å². The lowest BCUT2D eigenvalue weighted by atomic mass is 10.1. The van der Waals surface area contributed by atoms with E-state index in [4.69, 9.17) is 55.7 Å². The summed E-state index contributed by atoms with van der Waals surface area (Å²) in [4.78, 5) is 14.5. The lowest BCUT2D eigenvalue weighted by molar-refractivity contribution is -0.265. The fourth-order valence-electron chi connectivity index (χ4n) is 7.27. The van der Waals surface area contributed by atoms with Crippen LogP contribution in [0.4, 0.5) is 0 Å². The topological polar surface area (TPSA) is 162 Å². The van der Waals surface area contributed by atoms with Crippen molar-refractivity contribution in [3.05, 3.63) is 60.7 Å². The second-order valence-corrected chi connectivity index (χ2v) is 50.9. The molecule has 6 radical (unpaired) electrons. The molecule has 0 fully saturated rings. The second kappa shape index (κ2) is 20.3. The Kier molecular flexibility index (Phi) is 17.3. The Balaban J connectivity index is 1.88. The maximum Gasteiger partial charge on any atom is 0.225 e. The summed E-state index contributed by atoms with van der Waals surface area (Å²) in [6, 6.07) is 16.9. The molecular weight excluding hydrogens is 995 g/mol. The third kappa shape index (κ3) is 16.1. The molecule has 2 N–H and O–H groups in total. The average molecular weight is 1070 g/mol. The Labute approximate surface area is 418 Å². The number of hydrogen-bond acceptors (Lipinski definition) is 14. The average Bonchev–Trinajstić information content (AvgIpc) is 3.10. The van der Waals surface area contributed by atoms with E-state index in [0.29, 0.717) is 11.3 Å². The molecule has 4 aromatic rings. The van der Waals surface area contributed by atoms with Crippen LogP contribution in [0, 0.1) is 0 Å². The Morgan fingerprint density at radius 3 is 0.956 bits per heavy atom. The molecule has 372 valence electrons. The van der Waals surface area contributed by atoms with Gasteiger partial charge in [0.2, 0.25) is 22.4 Å². The Morgan fingerprint density at radius 2 is 0.691 bits per heavy atom. The molecule has 0 aliphatic heterocycles. The summed E-state index contributed by atoms with van der Waals surface area (Å²) in [5.41, 5.74) is -2.04. The number of benzene rings is 3. The minimum atomic E-state index is -2.37. The first-order chi connectivity index (χ1) is 30.6. The van der Waals surface area contributed by atoms with E-state index in [1.165, 1.54) is 12.1 Å². The zero-order valence-electron chi connectivity index (χ0n) is 44.2. The molecule has 3 aromatic carbocycles. The number of methoxy groups -OCH3 is 1. The summed E-state index contributed by atoms with van der Waals surface area (Å²) in [6.45, 7) is 40.9. The third-order valence-corrected chi connectivity index (χ3v) is 16.6. The number of nitrogens with zero attached hydrogens (tertiary/aromatic N) is 3. The van der Waals surface area contributed by atoms with Crippen LogP contribution in [0.5, 0.6) is 28.7 Å². The number of phenolic OH excluding ortho intramolecular Hbond substituents is 2. The number of phenols is 2. The number of aromatic nitrogens is 3. The molecule has 0 aliphatic carbocycles. The number of aromatic hydroxyl groups is 2. The standard InChI is InChI=1S/C46H75N3O11Si8/c1-43(55-63(4,5)6,56-64(7,8)9)45(61,59-67(16,17)18)53-34-26-28-36(38(50)30-34)41-47-40(32-22-24-33(52-3)25-23-32)48-42(49-41)37-29-27-35(31-39(37)51)54-46(62,60-68(19,20)21)44(2,57-65(10,11)12)58-66(13,14)15/h22-31,50-51H,1-21H3. The molecule has 0 amide bonds. The van der Waals surface area contributed by atoms with Gasteiger partial charge in [0.15, 0.2) is 67.4 Å². The van der Waals surface area contributed by atoms with Gasteiger partial charge in [-0.25, -0.2) is 15.0 Å². The third-order valence-electron chi connectivity index (χ3n) is 9.03. The van der Waals surface area contributed by atoms with E-state index in [0.717, 1.165) is 0 Å². The largest absolute Gasteiger partial charge is 0.507 e. The van der Waals surface area contributed by atoms with Crippen LogP contribution in [-0.2, 0) is 26.6 Å². The molecule has 0 spiro atoms. The van der Waals surface area contributed by atoms with Gasteiger partial charge in [0, 0.05) is 17.7 Å². The maximum absolute atomic E-state index is 11.8. The van der Waals surface area contributed by atoms with Crippen LogP contribution >= 0.6 is 0 Å². The van der Waals surface area contributed by atoms with E-state index < -0.39 is 72.3 Å². The van der Waals surface area contributed by atoms with Gasteiger partial charge in [-0.05, 0) is 180 Å². The van der Waals surface area contributed by atoms with Gasteiger partial charge in [0.1, 0.15) is 49.2 Å². The fourth-order valence-corrected chi connectivity index (χ4v) is 17.7. The van der Waals surface area contributed by atoms with Crippen molar-refractivity contribution in [1.29, 1.82) is 0 Å². The maximum atomic E-state index is 11.8. The molecule has 14 nitrogen and oxygen atoms in total. The van der Waals surface area contributed by atoms with E-state index >= 15 is 0 Å². The van der Waals surface area contributed by atoms with Crippen molar-refractivity contribution in [3.63, 3.8) is 0 Å². The minimum Gasteiger partial charge on any atom is -0.507 e. The van der Waals surface area contributed by atoms with Crippen LogP contribution in [0.25, 0.3) is 34.2 Å². The molecule has 1 heterocycles. The highest BCUT2D eigenvalue weighted by Gasteiger charge is 2.57. The monoisotopic (exact) mass is 1070 g/mol. The van der Waals surface area contributed by atoms with Crippen LogP contribution in [0.1, 0.15) is 13.8 Å². The normalized spacial score (nSPS) is 15.4. The fraction of sp³-hybridized carbons (Fsp3) is 0.543. The SMILES string of the molecule is COc1ccc(-c2nc(-c3ccc(OC([Si])(O[Si](C)(C)C)C(C)(O[Si](C)(C)C)O[Si](C)(C)C)cc3O)nc(-c3ccc(OC([Si])(O[Si](C)(C)C)C(C)(O[Si](C)(C)C)O[Si](C)(C)C)cc3O)n2)cc1. The molecule has 0 aliphatic rings. The first-order valence-corrected chi connectivity index (χ1v) is 44.2. The predicted molar refractivity (Wildman–Crippen MR) is 288 cm³/mol. The highest BCUT2D eigenvalue weighted by molar-refractivity contribution is 6.72. The molecule has 0 saturated heterocycles. The molecule has 68 heavy (non-hydrogen) atoms. The van der Waals surface area contributed by atoms with Crippen molar-refractivity contribution in [2.75, 3.05) is 7.11 Å². The summed E-state index contributed by atoms with van der Waals surface area (Å²) in [5.74, 6) is -1.41. The van der Waals surface area contributed by atoms with Gasteiger partial charge in [-0.15, -0.1) is 0 Å². The quantitative estimate of drug-likeness (QED) is 0.0565. The zero-order valence-corrected chi connectivity index (χ0v) is 52.2. The van der Waals surface area contributed by atoms with E-state index in [1.807, 2.05) is 26.0 Å². The van der Waals surface area contributed by atoms with Gasteiger partial charge in [-0.3, -0.25) is 0 Å². The van der Waals surface area contributed by atoms with E-state index in [9.17, 15) is 10.2 Å². The summed E-state index contributed by atoms with van der Waals surface area (Å²) < 4.78 is 59.4.